The molecule has 1 fully saturated rings. The fourth-order valence-electron chi connectivity index (χ4n) is 0.880. The van der Waals surface area contributed by atoms with Crippen LogP contribution in [0.25, 0.3) is 0 Å². The molecule has 4 nitrogen and oxygen atoms in total. The van der Waals surface area contributed by atoms with Crippen molar-refractivity contribution in [3.63, 3.8) is 0 Å². The molecule has 4 heteroatoms. The Bertz CT molecular complexity index is 110. The van der Waals surface area contributed by atoms with E-state index in [0.29, 0.717) is 6.67 Å². The summed E-state index contributed by atoms with van der Waals surface area (Å²) in [6.07, 6.45) is 0. The second-order valence-electron chi connectivity index (χ2n) is 2.10. The van der Waals surface area contributed by atoms with E-state index in [9.17, 15) is 4.79 Å². The van der Waals surface area contributed by atoms with E-state index in [0.717, 1.165) is 13.1 Å². The van der Waals surface area contributed by atoms with E-state index < -0.39 is 5.97 Å². The average Bonchev–Trinajstić information content (AvgIpc) is 2.15. The van der Waals surface area contributed by atoms with E-state index in [1.54, 1.807) is 0 Å². The largest absolute Gasteiger partial charge is 0.480 e. The molecule has 9 heavy (non-hydrogen) atoms. The topological polar surface area (TPSA) is 52.6 Å². The van der Waals surface area contributed by atoms with Crippen LogP contribution >= 0.6 is 0 Å². The van der Waals surface area contributed by atoms with Crippen LogP contribution in [0.3, 0.4) is 0 Å². The number of carbonyl (C=O) groups is 1. The SMILES string of the molecule is O=C(O)CN1CCNC1. The van der Waals surface area contributed by atoms with Crippen molar-refractivity contribution in [2.24, 2.45) is 0 Å². The van der Waals surface area contributed by atoms with Gasteiger partial charge in [0.25, 0.3) is 0 Å². The third kappa shape index (κ3) is 1.99. The smallest absolute Gasteiger partial charge is 0.317 e. The van der Waals surface area contributed by atoms with Crippen LogP contribution in [0.15, 0.2) is 0 Å². The van der Waals surface area contributed by atoms with Crippen molar-refractivity contribution in [3.05, 3.63) is 0 Å². The van der Waals surface area contributed by atoms with Crippen LogP contribution in [0.1, 0.15) is 0 Å². The summed E-state index contributed by atoms with van der Waals surface area (Å²) in [5.74, 6) is -0.751. The van der Waals surface area contributed by atoms with E-state index in [4.69, 9.17) is 5.11 Å². The minimum Gasteiger partial charge on any atom is -0.480 e. The monoisotopic (exact) mass is 130 g/mol. The lowest BCUT2D eigenvalue weighted by Gasteiger charge is -2.08. The Labute approximate surface area is 53.5 Å². The lowest BCUT2D eigenvalue weighted by atomic mass is 10.5. The summed E-state index contributed by atoms with van der Waals surface area (Å²) in [5.41, 5.74) is 0. The lowest BCUT2D eigenvalue weighted by Crippen LogP contribution is -2.28. The van der Waals surface area contributed by atoms with Gasteiger partial charge in [0.15, 0.2) is 0 Å². The van der Waals surface area contributed by atoms with Gasteiger partial charge in [-0.3, -0.25) is 9.69 Å². The van der Waals surface area contributed by atoms with E-state index in [1.165, 1.54) is 0 Å². The van der Waals surface area contributed by atoms with Gasteiger partial charge in [0.1, 0.15) is 0 Å². The molecule has 52 valence electrons. The molecule has 1 aliphatic heterocycles. The van der Waals surface area contributed by atoms with Crippen LogP contribution in [0.2, 0.25) is 0 Å². The highest BCUT2D eigenvalue weighted by atomic mass is 16.4. The predicted octanol–water partition coefficient (Wildman–Crippen LogP) is -1.07. The fourth-order valence-corrected chi connectivity index (χ4v) is 0.880. The minimum absolute atomic E-state index is 0.160. The number of nitrogens with one attached hydrogen (secondary N) is 1. The summed E-state index contributed by atoms with van der Waals surface area (Å²) >= 11 is 0. The summed E-state index contributed by atoms with van der Waals surface area (Å²) in [6, 6.07) is 0. The summed E-state index contributed by atoms with van der Waals surface area (Å²) in [6.45, 7) is 2.64. The quantitative estimate of drug-likeness (QED) is 0.500. The van der Waals surface area contributed by atoms with Crippen LogP contribution in [-0.4, -0.2) is 42.3 Å². The first-order valence-electron chi connectivity index (χ1n) is 2.94. The zero-order valence-electron chi connectivity index (χ0n) is 5.13. The molecule has 0 aliphatic carbocycles. The Morgan fingerprint density at radius 3 is 3.00 bits per heavy atom. The standard InChI is InChI=1S/C5H10N2O2/c8-5(9)3-7-2-1-6-4-7/h6H,1-4H2,(H,8,9). The second kappa shape index (κ2) is 2.80. The summed E-state index contributed by atoms with van der Waals surface area (Å²) in [7, 11) is 0. The molecule has 0 amide bonds. The van der Waals surface area contributed by atoms with Crippen LogP contribution in [0.5, 0.6) is 0 Å². The number of hydrogen-bond acceptors (Lipinski definition) is 3. The second-order valence-corrected chi connectivity index (χ2v) is 2.10. The average molecular weight is 130 g/mol. The normalized spacial score (nSPS) is 20.4. The van der Waals surface area contributed by atoms with Crippen LogP contribution in [0, 0.1) is 0 Å². The number of carboxylic acid groups (broad SMARTS) is 1. The molecule has 0 aromatic rings. The maximum absolute atomic E-state index is 10.1. The number of carboxylic acids is 1. The Morgan fingerprint density at radius 2 is 2.56 bits per heavy atom. The zero-order chi connectivity index (χ0) is 6.69. The van der Waals surface area contributed by atoms with Crippen LogP contribution in [0.4, 0.5) is 0 Å². The maximum atomic E-state index is 10.1. The fraction of sp³-hybridized carbons (Fsp3) is 0.800. The molecule has 1 saturated heterocycles. The molecule has 2 N–H and O–H groups in total. The Kier molecular flexibility index (Phi) is 2.02. The van der Waals surface area contributed by atoms with Crippen molar-refractivity contribution < 1.29 is 9.90 Å². The molecule has 1 heterocycles. The van der Waals surface area contributed by atoms with E-state index in [-0.39, 0.29) is 6.54 Å². The third-order valence-corrected chi connectivity index (χ3v) is 1.30. The van der Waals surface area contributed by atoms with Gasteiger partial charge < -0.3 is 10.4 Å². The molecule has 0 aromatic carbocycles. The van der Waals surface area contributed by atoms with Gasteiger partial charge in [-0.05, 0) is 0 Å². The highest BCUT2D eigenvalue weighted by molar-refractivity contribution is 5.69. The molecule has 0 bridgehead atoms. The number of hydrogen-bond donors (Lipinski definition) is 2. The third-order valence-electron chi connectivity index (χ3n) is 1.30. The summed E-state index contributed by atoms with van der Waals surface area (Å²) in [4.78, 5) is 11.9. The molecule has 0 radical (unpaired) electrons. The first kappa shape index (κ1) is 6.51. The first-order chi connectivity index (χ1) is 4.29. The first-order valence-corrected chi connectivity index (χ1v) is 2.94. The molecule has 1 aliphatic rings. The molecule has 0 saturated carbocycles. The molecule has 0 spiro atoms. The van der Waals surface area contributed by atoms with Crippen molar-refractivity contribution in [2.45, 2.75) is 0 Å². The van der Waals surface area contributed by atoms with E-state index >= 15 is 0 Å². The molecule has 0 aromatic heterocycles. The molecule has 0 unspecified atom stereocenters. The Morgan fingerprint density at radius 1 is 1.78 bits per heavy atom. The maximum Gasteiger partial charge on any atom is 0.317 e. The predicted molar refractivity (Wildman–Crippen MR) is 32.1 cm³/mol. The molecular weight excluding hydrogens is 120 g/mol. The highest BCUT2D eigenvalue weighted by Crippen LogP contribution is 1.89. The van der Waals surface area contributed by atoms with Crippen molar-refractivity contribution in [1.29, 1.82) is 0 Å². The van der Waals surface area contributed by atoms with Crippen LogP contribution < -0.4 is 5.32 Å². The van der Waals surface area contributed by atoms with Crippen LogP contribution in [-0.2, 0) is 4.79 Å². The zero-order valence-corrected chi connectivity index (χ0v) is 5.13. The van der Waals surface area contributed by atoms with Gasteiger partial charge in [-0.25, -0.2) is 0 Å². The molecule has 0 atom stereocenters. The highest BCUT2D eigenvalue weighted by Gasteiger charge is 2.12. The van der Waals surface area contributed by atoms with Crippen molar-refractivity contribution in [1.82, 2.24) is 10.2 Å². The van der Waals surface area contributed by atoms with Gasteiger partial charge in [-0.1, -0.05) is 0 Å². The van der Waals surface area contributed by atoms with Gasteiger partial charge in [-0.15, -0.1) is 0 Å². The summed E-state index contributed by atoms with van der Waals surface area (Å²) < 4.78 is 0. The number of rotatable bonds is 2. The number of aliphatic carboxylic acids is 1. The van der Waals surface area contributed by atoms with E-state index in [2.05, 4.69) is 5.32 Å². The van der Waals surface area contributed by atoms with Crippen molar-refractivity contribution >= 4 is 5.97 Å². The lowest BCUT2D eigenvalue weighted by molar-refractivity contribution is -0.138. The van der Waals surface area contributed by atoms with Gasteiger partial charge in [0, 0.05) is 19.8 Å². The van der Waals surface area contributed by atoms with Crippen molar-refractivity contribution in [3.8, 4) is 0 Å². The number of nitrogens with zero attached hydrogens (tertiary/aromatic N) is 1. The van der Waals surface area contributed by atoms with Crippen molar-refractivity contribution in [2.75, 3.05) is 26.3 Å². The van der Waals surface area contributed by atoms with Gasteiger partial charge in [-0.2, -0.15) is 0 Å². The van der Waals surface area contributed by atoms with E-state index in [1.807, 2.05) is 4.90 Å². The van der Waals surface area contributed by atoms with Gasteiger partial charge >= 0.3 is 5.97 Å². The Balaban J connectivity index is 2.19. The Hall–Kier alpha value is -0.610. The summed E-state index contributed by atoms with van der Waals surface area (Å²) in [5, 5.41) is 11.3. The van der Waals surface area contributed by atoms with Gasteiger partial charge in [0.2, 0.25) is 0 Å². The minimum atomic E-state index is -0.751. The van der Waals surface area contributed by atoms with Gasteiger partial charge in [0.05, 0.1) is 6.54 Å². The molecule has 1 rings (SSSR count). The molecular formula is C5H10N2O2.